The fourth-order valence-electron chi connectivity index (χ4n) is 2.87. The zero-order valence-electron chi connectivity index (χ0n) is 14.8. The lowest BCUT2D eigenvalue weighted by molar-refractivity contribution is -0.385. The van der Waals surface area contributed by atoms with Gasteiger partial charge in [0.1, 0.15) is 0 Å². The normalized spacial score (nSPS) is 13.5. The summed E-state index contributed by atoms with van der Waals surface area (Å²) in [6.45, 7) is 2.13. The first-order chi connectivity index (χ1) is 12.9. The van der Waals surface area contributed by atoms with Crippen LogP contribution in [0.4, 0.5) is 17.1 Å². The van der Waals surface area contributed by atoms with Gasteiger partial charge in [0.2, 0.25) is 5.91 Å². The van der Waals surface area contributed by atoms with Crippen molar-refractivity contribution >= 4 is 28.9 Å². The van der Waals surface area contributed by atoms with E-state index in [4.69, 9.17) is 4.74 Å². The molecule has 1 heterocycles. The number of nitro groups is 1. The van der Waals surface area contributed by atoms with Crippen molar-refractivity contribution in [2.45, 2.75) is 19.8 Å². The topological polar surface area (TPSA) is 102 Å². The van der Waals surface area contributed by atoms with Gasteiger partial charge >= 0.3 is 5.69 Å². The van der Waals surface area contributed by atoms with E-state index in [2.05, 4.69) is 5.32 Å². The number of hydrogen-bond donors (Lipinski definition) is 1. The van der Waals surface area contributed by atoms with Crippen molar-refractivity contribution in [1.29, 1.82) is 0 Å². The van der Waals surface area contributed by atoms with Crippen molar-refractivity contribution in [3.8, 4) is 5.75 Å². The Kier molecular flexibility index (Phi) is 5.35. The zero-order chi connectivity index (χ0) is 19.4. The molecule has 1 fully saturated rings. The molecule has 0 saturated carbocycles. The molecule has 1 N–H and O–H groups in total. The molecule has 0 atom stereocenters. The minimum absolute atomic E-state index is 0.0537. The first kappa shape index (κ1) is 18.4. The van der Waals surface area contributed by atoms with Crippen LogP contribution in [-0.2, 0) is 9.59 Å². The minimum atomic E-state index is -0.551. The van der Waals surface area contributed by atoms with Crippen molar-refractivity contribution in [3.63, 3.8) is 0 Å². The summed E-state index contributed by atoms with van der Waals surface area (Å²) in [5, 5.41) is 13.7. The van der Waals surface area contributed by atoms with E-state index in [1.807, 2.05) is 0 Å². The number of amides is 2. The van der Waals surface area contributed by atoms with Crippen LogP contribution in [-0.4, -0.2) is 29.9 Å². The van der Waals surface area contributed by atoms with Gasteiger partial charge in [-0.2, -0.15) is 0 Å². The van der Waals surface area contributed by atoms with Crippen LogP contribution in [0.3, 0.4) is 0 Å². The van der Waals surface area contributed by atoms with Gasteiger partial charge in [0.05, 0.1) is 4.92 Å². The van der Waals surface area contributed by atoms with Crippen LogP contribution >= 0.6 is 0 Å². The number of aryl methyl sites for hydroxylation is 1. The van der Waals surface area contributed by atoms with Gasteiger partial charge in [-0.15, -0.1) is 0 Å². The number of ether oxygens (including phenoxy) is 1. The van der Waals surface area contributed by atoms with E-state index >= 15 is 0 Å². The molecule has 8 heteroatoms. The number of nitro benzene ring substituents is 1. The van der Waals surface area contributed by atoms with E-state index in [1.54, 1.807) is 42.2 Å². The van der Waals surface area contributed by atoms with E-state index in [-0.39, 0.29) is 24.0 Å². The number of nitrogens with zero attached hydrogens (tertiary/aromatic N) is 2. The highest BCUT2D eigenvalue weighted by atomic mass is 16.6. The lowest BCUT2D eigenvalue weighted by Crippen LogP contribution is -2.23. The molecule has 1 aliphatic rings. The van der Waals surface area contributed by atoms with E-state index in [1.165, 1.54) is 12.1 Å². The van der Waals surface area contributed by atoms with Crippen LogP contribution in [0.5, 0.6) is 5.75 Å². The molecular formula is C19H19N3O5. The molecular weight excluding hydrogens is 350 g/mol. The molecule has 2 aromatic rings. The Morgan fingerprint density at radius 2 is 2.00 bits per heavy atom. The number of rotatable bonds is 6. The lowest BCUT2D eigenvalue weighted by Gasteiger charge is -2.16. The summed E-state index contributed by atoms with van der Waals surface area (Å²) >= 11 is 0. The maximum Gasteiger partial charge on any atom is 0.310 e. The molecule has 27 heavy (non-hydrogen) atoms. The number of benzene rings is 2. The quantitative estimate of drug-likeness (QED) is 0.623. The van der Waals surface area contributed by atoms with Gasteiger partial charge in [-0.25, -0.2) is 0 Å². The standard InChI is InChI=1S/C19H19N3O5/c1-13-4-9-16(22(25)26)17(11-13)27-12-18(23)20-14-5-7-15(8-6-14)21-10-2-3-19(21)24/h4-9,11H,2-3,10,12H2,1H3,(H,20,23). The van der Waals surface area contributed by atoms with Crippen LogP contribution in [0.15, 0.2) is 42.5 Å². The molecule has 8 nitrogen and oxygen atoms in total. The summed E-state index contributed by atoms with van der Waals surface area (Å²) in [6, 6.07) is 11.4. The van der Waals surface area contributed by atoms with Crippen molar-refractivity contribution in [1.82, 2.24) is 0 Å². The SMILES string of the molecule is Cc1ccc([N+](=O)[O-])c(OCC(=O)Nc2ccc(N3CCCC3=O)cc2)c1. The Morgan fingerprint density at radius 3 is 2.63 bits per heavy atom. The summed E-state index contributed by atoms with van der Waals surface area (Å²) in [7, 11) is 0. The molecule has 140 valence electrons. The molecule has 0 aromatic heterocycles. The second-order valence-corrected chi connectivity index (χ2v) is 6.26. The third-order valence-corrected chi connectivity index (χ3v) is 4.21. The number of carbonyl (C=O) groups excluding carboxylic acids is 2. The van der Waals surface area contributed by atoms with Crippen molar-refractivity contribution in [2.24, 2.45) is 0 Å². The maximum absolute atomic E-state index is 12.1. The van der Waals surface area contributed by atoms with Gasteiger partial charge in [0.15, 0.2) is 12.4 Å². The molecule has 0 bridgehead atoms. The van der Waals surface area contributed by atoms with E-state index in [0.29, 0.717) is 18.7 Å². The van der Waals surface area contributed by atoms with Gasteiger partial charge in [0.25, 0.3) is 5.91 Å². The third-order valence-electron chi connectivity index (χ3n) is 4.21. The number of carbonyl (C=O) groups is 2. The average molecular weight is 369 g/mol. The Balaban J connectivity index is 1.59. The maximum atomic E-state index is 12.1. The fraction of sp³-hybridized carbons (Fsp3) is 0.263. The predicted octanol–water partition coefficient (Wildman–Crippen LogP) is 3.05. The lowest BCUT2D eigenvalue weighted by atomic mass is 10.2. The molecule has 0 radical (unpaired) electrons. The molecule has 0 aliphatic carbocycles. The first-order valence-electron chi connectivity index (χ1n) is 8.52. The Labute approximate surface area is 155 Å². The third kappa shape index (κ3) is 4.41. The van der Waals surface area contributed by atoms with Crippen LogP contribution in [0, 0.1) is 17.0 Å². The summed E-state index contributed by atoms with van der Waals surface area (Å²) in [5.74, 6) is -0.284. The van der Waals surface area contributed by atoms with Crippen LogP contribution in [0.25, 0.3) is 0 Å². The fourth-order valence-corrected chi connectivity index (χ4v) is 2.87. The monoisotopic (exact) mass is 369 g/mol. The summed E-state index contributed by atoms with van der Waals surface area (Å²) < 4.78 is 5.33. The number of nitrogens with one attached hydrogen (secondary N) is 1. The highest BCUT2D eigenvalue weighted by Crippen LogP contribution is 2.28. The molecule has 0 spiro atoms. The first-order valence-corrected chi connectivity index (χ1v) is 8.52. The van der Waals surface area contributed by atoms with E-state index in [0.717, 1.165) is 17.7 Å². The van der Waals surface area contributed by atoms with Crippen molar-refractivity contribution < 1.29 is 19.2 Å². The van der Waals surface area contributed by atoms with Crippen LogP contribution < -0.4 is 15.0 Å². The van der Waals surface area contributed by atoms with E-state index < -0.39 is 10.8 Å². The van der Waals surface area contributed by atoms with Crippen molar-refractivity contribution in [3.05, 3.63) is 58.1 Å². The molecule has 0 unspecified atom stereocenters. The van der Waals surface area contributed by atoms with Gasteiger partial charge in [-0.3, -0.25) is 19.7 Å². The minimum Gasteiger partial charge on any atom is -0.477 e. The van der Waals surface area contributed by atoms with Crippen LogP contribution in [0.2, 0.25) is 0 Å². The molecule has 1 aliphatic heterocycles. The second-order valence-electron chi connectivity index (χ2n) is 6.26. The summed E-state index contributed by atoms with van der Waals surface area (Å²) in [5.41, 5.74) is 1.95. The van der Waals surface area contributed by atoms with Gasteiger partial charge in [-0.05, 0) is 49.2 Å². The second kappa shape index (κ2) is 7.86. The summed E-state index contributed by atoms with van der Waals surface area (Å²) in [4.78, 5) is 36.0. The van der Waals surface area contributed by atoms with Gasteiger partial charge in [0, 0.05) is 30.4 Å². The zero-order valence-corrected chi connectivity index (χ0v) is 14.8. The molecule has 1 saturated heterocycles. The van der Waals surface area contributed by atoms with E-state index in [9.17, 15) is 19.7 Å². The molecule has 3 rings (SSSR count). The Hall–Kier alpha value is -3.42. The van der Waals surface area contributed by atoms with Crippen LogP contribution in [0.1, 0.15) is 18.4 Å². The predicted molar refractivity (Wildman–Crippen MR) is 100.0 cm³/mol. The Morgan fingerprint density at radius 1 is 1.26 bits per heavy atom. The smallest absolute Gasteiger partial charge is 0.310 e. The number of anilines is 2. The largest absolute Gasteiger partial charge is 0.477 e. The highest BCUT2D eigenvalue weighted by molar-refractivity contribution is 5.96. The highest BCUT2D eigenvalue weighted by Gasteiger charge is 2.21. The molecule has 2 amide bonds. The van der Waals surface area contributed by atoms with Gasteiger partial charge < -0.3 is 15.0 Å². The molecule has 2 aromatic carbocycles. The van der Waals surface area contributed by atoms with Gasteiger partial charge in [-0.1, -0.05) is 6.07 Å². The Bertz CT molecular complexity index is 879. The van der Waals surface area contributed by atoms with Crippen molar-refractivity contribution in [2.75, 3.05) is 23.4 Å². The number of hydrogen-bond acceptors (Lipinski definition) is 5. The average Bonchev–Trinajstić information content (AvgIpc) is 3.06. The summed E-state index contributed by atoms with van der Waals surface area (Å²) in [6.07, 6.45) is 1.40.